The van der Waals surface area contributed by atoms with E-state index in [-0.39, 0.29) is 12.5 Å². The van der Waals surface area contributed by atoms with Gasteiger partial charge in [-0.25, -0.2) is 4.79 Å². The quantitative estimate of drug-likeness (QED) is 0.805. The molecule has 0 fully saturated rings. The highest BCUT2D eigenvalue weighted by molar-refractivity contribution is 5.95. The lowest BCUT2D eigenvalue weighted by molar-refractivity contribution is -0.121. The van der Waals surface area contributed by atoms with Gasteiger partial charge in [0.2, 0.25) is 5.91 Å². The summed E-state index contributed by atoms with van der Waals surface area (Å²) in [6.07, 6.45) is 0. The largest absolute Gasteiger partial charge is 0.496 e. The van der Waals surface area contributed by atoms with Gasteiger partial charge in [0.15, 0.2) is 0 Å². The van der Waals surface area contributed by atoms with Gasteiger partial charge in [-0.3, -0.25) is 15.0 Å². The van der Waals surface area contributed by atoms with Gasteiger partial charge in [-0.1, -0.05) is 31.5 Å². The Balaban J connectivity index is 2.50. The van der Waals surface area contributed by atoms with Crippen LogP contribution in [0.3, 0.4) is 0 Å². The number of aryl methyl sites for hydroxylation is 1. The highest BCUT2D eigenvalue weighted by Crippen LogP contribution is 2.20. The van der Waals surface area contributed by atoms with Gasteiger partial charge >= 0.3 is 6.03 Å². The van der Waals surface area contributed by atoms with Gasteiger partial charge in [0.1, 0.15) is 5.75 Å². The molecule has 0 spiro atoms. The molecular formula is C17H27N3O3. The van der Waals surface area contributed by atoms with Crippen LogP contribution in [-0.2, 0) is 11.3 Å². The highest BCUT2D eigenvalue weighted by atomic mass is 16.5. The van der Waals surface area contributed by atoms with Crippen molar-refractivity contribution >= 4 is 11.9 Å². The molecule has 0 saturated heterocycles. The van der Waals surface area contributed by atoms with Gasteiger partial charge < -0.3 is 10.1 Å². The van der Waals surface area contributed by atoms with Gasteiger partial charge in [-0.05, 0) is 26.0 Å². The fourth-order valence-electron chi connectivity index (χ4n) is 2.13. The first-order valence-electron chi connectivity index (χ1n) is 7.71. The lowest BCUT2D eigenvalue weighted by Crippen LogP contribution is -2.44. The number of rotatable bonds is 7. The van der Waals surface area contributed by atoms with Gasteiger partial charge in [0.05, 0.1) is 13.7 Å². The summed E-state index contributed by atoms with van der Waals surface area (Å²) >= 11 is 0. The maximum Gasteiger partial charge on any atom is 0.321 e. The van der Waals surface area contributed by atoms with Gasteiger partial charge in [0, 0.05) is 18.7 Å². The van der Waals surface area contributed by atoms with E-state index in [4.69, 9.17) is 4.74 Å². The predicted molar refractivity (Wildman–Crippen MR) is 90.4 cm³/mol. The third-order valence-corrected chi connectivity index (χ3v) is 3.21. The lowest BCUT2D eigenvalue weighted by atomic mass is 10.1. The van der Waals surface area contributed by atoms with E-state index in [1.165, 1.54) is 0 Å². The third kappa shape index (κ3) is 7.15. The molecule has 23 heavy (non-hydrogen) atoms. The molecular weight excluding hydrogens is 294 g/mol. The molecule has 0 aromatic heterocycles. The Bertz CT molecular complexity index is 544. The normalized spacial score (nSPS) is 10.7. The molecule has 0 bridgehead atoms. The molecule has 0 heterocycles. The molecule has 6 heteroatoms. The molecule has 1 aromatic rings. The summed E-state index contributed by atoms with van der Waals surface area (Å²) in [4.78, 5) is 25.3. The Morgan fingerprint density at radius 2 is 2.00 bits per heavy atom. The summed E-state index contributed by atoms with van der Waals surface area (Å²) in [6, 6.07) is 5.47. The summed E-state index contributed by atoms with van der Waals surface area (Å²) in [6.45, 7) is 7.22. The molecule has 6 nitrogen and oxygen atoms in total. The van der Waals surface area contributed by atoms with E-state index >= 15 is 0 Å². The Labute approximate surface area is 138 Å². The second kappa shape index (κ2) is 9.15. The standard InChI is InChI=1S/C17H27N3O3/c1-12(2)9-18-17(22)19-16(21)11-20(4)10-14-8-13(3)6-7-15(14)23-5/h6-8,12H,9-11H2,1-5H3,(H2,18,19,21,22). The number of urea groups is 1. The minimum atomic E-state index is -0.453. The molecule has 128 valence electrons. The number of carbonyl (C=O) groups excluding carboxylic acids is 2. The van der Waals surface area contributed by atoms with E-state index in [1.54, 1.807) is 7.11 Å². The van der Waals surface area contributed by atoms with E-state index in [0.717, 1.165) is 16.9 Å². The molecule has 0 saturated carbocycles. The number of likely N-dealkylation sites (N-methyl/N-ethyl adjacent to an activating group) is 1. The lowest BCUT2D eigenvalue weighted by Gasteiger charge is -2.18. The number of imide groups is 1. The molecule has 0 radical (unpaired) electrons. The van der Waals surface area contributed by atoms with Crippen LogP contribution in [0.1, 0.15) is 25.0 Å². The summed E-state index contributed by atoms with van der Waals surface area (Å²) < 4.78 is 5.33. The minimum absolute atomic E-state index is 0.131. The monoisotopic (exact) mass is 321 g/mol. The number of benzene rings is 1. The zero-order valence-electron chi connectivity index (χ0n) is 14.6. The van der Waals surface area contributed by atoms with Crippen LogP contribution >= 0.6 is 0 Å². The molecule has 1 aromatic carbocycles. The molecule has 0 aliphatic carbocycles. The average molecular weight is 321 g/mol. The van der Waals surface area contributed by atoms with E-state index < -0.39 is 6.03 Å². The number of nitrogens with one attached hydrogen (secondary N) is 2. The number of ether oxygens (including phenoxy) is 1. The van der Waals surface area contributed by atoms with Crippen molar-refractivity contribution in [3.8, 4) is 5.75 Å². The number of methoxy groups -OCH3 is 1. The Hall–Kier alpha value is -2.08. The predicted octanol–water partition coefficient (Wildman–Crippen LogP) is 1.92. The van der Waals surface area contributed by atoms with Crippen LogP contribution < -0.4 is 15.4 Å². The van der Waals surface area contributed by atoms with Crippen LogP contribution in [-0.4, -0.2) is 44.1 Å². The Morgan fingerprint density at radius 3 is 2.61 bits per heavy atom. The average Bonchev–Trinajstić information content (AvgIpc) is 2.45. The summed E-state index contributed by atoms with van der Waals surface area (Å²) in [5.74, 6) is 0.797. The molecule has 0 atom stereocenters. The zero-order valence-corrected chi connectivity index (χ0v) is 14.6. The third-order valence-electron chi connectivity index (χ3n) is 3.21. The fraction of sp³-hybridized carbons (Fsp3) is 0.529. The van der Waals surface area contributed by atoms with Crippen molar-refractivity contribution in [2.75, 3.05) is 27.2 Å². The Morgan fingerprint density at radius 1 is 1.30 bits per heavy atom. The molecule has 3 amide bonds. The SMILES string of the molecule is COc1ccc(C)cc1CN(C)CC(=O)NC(=O)NCC(C)C. The van der Waals surface area contributed by atoms with Crippen molar-refractivity contribution in [3.63, 3.8) is 0 Å². The van der Waals surface area contributed by atoms with Crippen molar-refractivity contribution < 1.29 is 14.3 Å². The second-order valence-electron chi connectivity index (χ2n) is 6.14. The maximum atomic E-state index is 11.9. The fourth-order valence-corrected chi connectivity index (χ4v) is 2.13. The summed E-state index contributed by atoms with van der Waals surface area (Å²) in [7, 11) is 3.45. The minimum Gasteiger partial charge on any atom is -0.496 e. The molecule has 0 unspecified atom stereocenters. The van der Waals surface area contributed by atoms with Gasteiger partial charge in [-0.15, -0.1) is 0 Å². The first-order valence-corrected chi connectivity index (χ1v) is 7.71. The second-order valence-corrected chi connectivity index (χ2v) is 6.14. The molecule has 2 N–H and O–H groups in total. The van der Waals surface area contributed by atoms with Crippen molar-refractivity contribution in [3.05, 3.63) is 29.3 Å². The van der Waals surface area contributed by atoms with Crippen LogP contribution in [0.15, 0.2) is 18.2 Å². The molecule has 0 aliphatic heterocycles. The van der Waals surface area contributed by atoms with Crippen molar-refractivity contribution in [1.29, 1.82) is 0 Å². The van der Waals surface area contributed by atoms with E-state index in [2.05, 4.69) is 10.6 Å². The topological polar surface area (TPSA) is 70.7 Å². The van der Waals surface area contributed by atoms with Crippen LogP contribution in [0.25, 0.3) is 0 Å². The number of carbonyl (C=O) groups is 2. The zero-order chi connectivity index (χ0) is 17.4. The molecule has 1 rings (SSSR count). The first-order chi connectivity index (χ1) is 10.8. The van der Waals surface area contributed by atoms with Crippen molar-refractivity contribution in [2.24, 2.45) is 5.92 Å². The summed E-state index contributed by atoms with van der Waals surface area (Å²) in [5.41, 5.74) is 2.14. The van der Waals surface area contributed by atoms with E-state index in [0.29, 0.717) is 19.0 Å². The summed E-state index contributed by atoms with van der Waals surface area (Å²) in [5, 5.41) is 4.98. The van der Waals surface area contributed by atoms with Crippen LogP contribution in [0.4, 0.5) is 4.79 Å². The van der Waals surface area contributed by atoms with Crippen molar-refractivity contribution in [1.82, 2.24) is 15.5 Å². The van der Waals surface area contributed by atoms with Crippen LogP contribution in [0.5, 0.6) is 5.75 Å². The van der Waals surface area contributed by atoms with Gasteiger partial charge in [0.25, 0.3) is 0 Å². The van der Waals surface area contributed by atoms with Crippen LogP contribution in [0, 0.1) is 12.8 Å². The number of hydrogen-bond acceptors (Lipinski definition) is 4. The highest BCUT2D eigenvalue weighted by Gasteiger charge is 2.12. The van der Waals surface area contributed by atoms with Crippen LogP contribution in [0.2, 0.25) is 0 Å². The van der Waals surface area contributed by atoms with Gasteiger partial charge in [-0.2, -0.15) is 0 Å². The first kappa shape index (κ1) is 19.0. The van der Waals surface area contributed by atoms with E-state index in [1.807, 2.05) is 50.9 Å². The smallest absolute Gasteiger partial charge is 0.321 e. The van der Waals surface area contributed by atoms with E-state index in [9.17, 15) is 9.59 Å². The maximum absolute atomic E-state index is 11.9. The Kier molecular flexibility index (Phi) is 7.54. The number of nitrogens with zero attached hydrogens (tertiary/aromatic N) is 1. The molecule has 0 aliphatic rings. The number of amides is 3. The van der Waals surface area contributed by atoms with Crippen molar-refractivity contribution in [2.45, 2.75) is 27.3 Å². The number of hydrogen-bond donors (Lipinski definition) is 2.